The van der Waals surface area contributed by atoms with E-state index in [0.717, 1.165) is 10.0 Å². The topological polar surface area (TPSA) is 74.8 Å². The minimum absolute atomic E-state index is 0.156. The number of anilines is 1. The lowest BCUT2D eigenvalue weighted by molar-refractivity contribution is -0.116. The van der Waals surface area contributed by atoms with Crippen LogP contribution in [0.25, 0.3) is 0 Å². The minimum Gasteiger partial charge on any atom is -0.310 e. The van der Waals surface area contributed by atoms with Gasteiger partial charge in [-0.15, -0.1) is 6.42 Å². The number of thioether (sulfide) groups is 1. The minimum atomic E-state index is -0.310. The van der Waals surface area contributed by atoms with Crippen LogP contribution in [0.2, 0.25) is 0 Å². The molecular formula is C16H12BrN3O2S. The Morgan fingerprint density at radius 1 is 1.35 bits per heavy atom. The summed E-state index contributed by atoms with van der Waals surface area (Å²) in [6, 6.07) is 7.58. The smallest absolute Gasteiger partial charge is 0.257 e. The van der Waals surface area contributed by atoms with Gasteiger partial charge in [-0.3, -0.25) is 9.59 Å². The van der Waals surface area contributed by atoms with Gasteiger partial charge in [0.25, 0.3) is 5.56 Å². The molecule has 2 heterocycles. The Kier molecular flexibility index (Phi) is 4.55. The maximum atomic E-state index is 12.5. The Bertz CT molecular complexity index is 855. The average Bonchev–Trinajstić information content (AvgIpc) is 2.52. The second kappa shape index (κ2) is 6.60. The molecule has 5 nitrogen and oxygen atoms in total. The van der Waals surface area contributed by atoms with Crippen molar-refractivity contribution in [1.29, 1.82) is 0 Å². The Labute approximate surface area is 145 Å². The van der Waals surface area contributed by atoms with Gasteiger partial charge in [-0.05, 0) is 17.7 Å². The number of carbonyl (C=O) groups excluding carboxylic acids is 1. The highest BCUT2D eigenvalue weighted by molar-refractivity contribution is 9.10. The van der Waals surface area contributed by atoms with Gasteiger partial charge in [-0.2, -0.15) is 0 Å². The number of amides is 1. The molecule has 0 fully saturated rings. The molecule has 1 unspecified atom stereocenters. The highest BCUT2D eigenvalue weighted by Crippen LogP contribution is 2.34. The number of aromatic amines is 1. The third-order valence-electron chi connectivity index (χ3n) is 3.49. The predicted octanol–water partition coefficient (Wildman–Crippen LogP) is 2.73. The Balaban J connectivity index is 2.07. The molecule has 1 aliphatic rings. The maximum Gasteiger partial charge on any atom is 0.257 e. The molecule has 0 bridgehead atoms. The van der Waals surface area contributed by atoms with Crippen molar-refractivity contribution in [3.05, 3.63) is 50.2 Å². The van der Waals surface area contributed by atoms with E-state index in [4.69, 9.17) is 6.42 Å². The molecule has 0 radical (unpaired) electrons. The maximum absolute atomic E-state index is 12.5. The van der Waals surface area contributed by atoms with Crippen LogP contribution < -0.4 is 10.9 Å². The van der Waals surface area contributed by atoms with E-state index in [2.05, 4.69) is 37.1 Å². The van der Waals surface area contributed by atoms with Crippen LogP contribution in [-0.4, -0.2) is 21.6 Å². The average molecular weight is 390 g/mol. The number of rotatable bonds is 3. The van der Waals surface area contributed by atoms with Gasteiger partial charge in [0, 0.05) is 16.8 Å². The third-order valence-corrected chi connectivity index (χ3v) is 4.80. The summed E-state index contributed by atoms with van der Waals surface area (Å²) < 4.78 is 0.940. The number of carbonyl (C=O) groups is 1. The van der Waals surface area contributed by atoms with Gasteiger partial charge < -0.3 is 10.3 Å². The van der Waals surface area contributed by atoms with Crippen molar-refractivity contribution < 1.29 is 4.79 Å². The number of H-pyrrole nitrogens is 1. The number of fused-ring (bicyclic) bond motifs is 1. The van der Waals surface area contributed by atoms with Crippen LogP contribution in [0.1, 0.15) is 23.5 Å². The fraction of sp³-hybridized carbons (Fsp3) is 0.188. The summed E-state index contributed by atoms with van der Waals surface area (Å²) >= 11 is 4.63. The quantitative estimate of drug-likeness (QED) is 0.480. The number of terminal acetylenes is 1. The molecule has 0 aliphatic carbocycles. The van der Waals surface area contributed by atoms with Crippen LogP contribution in [0.4, 0.5) is 5.82 Å². The standard InChI is InChI=1S/C16H12BrN3O2S/c1-2-7-23-16-19-14-13(15(22)20-16)11(8-12(21)18-14)9-3-5-10(17)6-4-9/h1,3-6,11H,7-8H2,(H2,18,19,20,21,22). The second-order valence-corrected chi connectivity index (χ2v) is 6.86. The molecule has 1 aromatic carbocycles. The van der Waals surface area contributed by atoms with Crippen LogP contribution in [-0.2, 0) is 4.79 Å². The lowest BCUT2D eigenvalue weighted by Gasteiger charge is -2.24. The Hall–Kier alpha value is -2.04. The molecule has 116 valence electrons. The summed E-state index contributed by atoms with van der Waals surface area (Å²) in [7, 11) is 0. The molecule has 0 saturated heterocycles. The molecule has 1 atom stereocenters. The summed E-state index contributed by atoms with van der Waals surface area (Å²) in [6.07, 6.45) is 5.44. The summed E-state index contributed by atoms with van der Waals surface area (Å²) in [5, 5.41) is 3.09. The third kappa shape index (κ3) is 3.33. The van der Waals surface area contributed by atoms with Crippen molar-refractivity contribution in [3.63, 3.8) is 0 Å². The zero-order valence-electron chi connectivity index (χ0n) is 11.9. The predicted molar refractivity (Wildman–Crippen MR) is 93.6 cm³/mol. The Morgan fingerprint density at radius 2 is 2.09 bits per heavy atom. The van der Waals surface area contributed by atoms with Crippen molar-refractivity contribution in [2.24, 2.45) is 0 Å². The lowest BCUT2D eigenvalue weighted by Crippen LogP contribution is -2.31. The Morgan fingerprint density at radius 3 is 2.78 bits per heavy atom. The molecule has 2 N–H and O–H groups in total. The fourth-order valence-corrected chi connectivity index (χ4v) is 3.31. The summed E-state index contributed by atoms with van der Waals surface area (Å²) in [4.78, 5) is 31.5. The SMILES string of the molecule is C#CCSc1nc2c(c(=O)[nH]1)C(c1ccc(Br)cc1)CC(=O)N2. The van der Waals surface area contributed by atoms with E-state index in [0.29, 0.717) is 22.3 Å². The largest absolute Gasteiger partial charge is 0.310 e. The number of halogens is 1. The zero-order valence-corrected chi connectivity index (χ0v) is 14.3. The van der Waals surface area contributed by atoms with Crippen LogP contribution in [0.15, 0.2) is 38.7 Å². The highest BCUT2D eigenvalue weighted by atomic mass is 79.9. The zero-order chi connectivity index (χ0) is 16.4. The van der Waals surface area contributed by atoms with Gasteiger partial charge >= 0.3 is 0 Å². The van der Waals surface area contributed by atoms with Gasteiger partial charge in [0.1, 0.15) is 5.82 Å². The van der Waals surface area contributed by atoms with Crippen LogP contribution in [0, 0.1) is 12.3 Å². The van der Waals surface area contributed by atoms with Gasteiger partial charge in [0.2, 0.25) is 5.91 Å². The number of benzene rings is 1. The molecule has 0 saturated carbocycles. The molecule has 3 rings (SSSR count). The van der Waals surface area contributed by atoms with E-state index in [-0.39, 0.29) is 23.8 Å². The van der Waals surface area contributed by atoms with E-state index in [1.165, 1.54) is 11.8 Å². The molecule has 7 heteroatoms. The molecule has 0 spiro atoms. The van der Waals surface area contributed by atoms with Gasteiger partial charge in [-0.25, -0.2) is 4.98 Å². The summed E-state index contributed by atoms with van der Waals surface area (Å²) in [5.74, 6) is 2.72. The first-order valence-corrected chi connectivity index (χ1v) is 8.62. The van der Waals surface area contributed by atoms with Gasteiger partial charge in [-0.1, -0.05) is 45.7 Å². The van der Waals surface area contributed by atoms with E-state index in [9.17, 15) is 9.59 Å². The first-order valence-electron chi connectivity index (χ1n) is 6.84. The van der Waals surface area contributed by atoms with Crippen molar-refractivity contribution in [1.82, 2.24) is 9.97 Å². The first-order chi connectivity index (χ1) is 11.1. The highest BCUT2D eigenvalue weighted by Gasteiger charge is 2.30. The number of hydrogen-bond acceptors (Lipinski definition) is 4. The molecule has 1 amide bonds. The van der Waals surface area contributed by atoms with Crippen molar-refractivity contribution >= 4 is 39.4 Å². The van der Waals surface area contributed by atoms with E-state index >= 15 is 0 Å². The molecule has 1 aliphatic heterocycles. The molecule has 2 aromatic rings. The normalized spacial score (nSPS) is 16.3. The van der Waals surface area contributed by atoms with Crippen LogP contribution in [0.5, 0.6) is 0 Å². The van der Waals surface area contributed by atoms with Crippen LogP contribution >= 0.6 is 27.7 Å². The van der Waals surface area contributed by atoms with Gasteiger partial charge in [0.05, 0.1) is 11.3 Å². The van der Waals surface area contributed by atoms with Crippen LogP contribution in [0.3, 0.4) is 0 Å². The van der Waals surface area contributed by atoms with Gasteiger partial charge in [0.15, 0.2) is 5.16 Å². The number of aromatic nitrogens is 2. The lowest BCUT2D eigenvalue weighted by atomic mass is 9.87. The summed E-state index contributed by atoms with van der Waals surface area (Å²) in [6.45, 7) is 0. The molecule has 1 aromatic heterocycles. The molecular weight excluding hydrogens is 378 g/mol. The number of nitrogens with one attached hydrogen (secondary N) is 2. The molecule has 23 heavy (non-hydrogen) atoms. The van der Waals surface area contributed by atoms with Crippen molar-refractivity contribution in [3.8, 4) is 12.3 Å². The number of hydrogen-bond donors (Lipinski definition) is 2. The summed E-state index contributed by atoms with van der Waals surface area (Å²) in [5.41, 5.74) is 1.14. The fourth-order valence-electron chi connectivity index (χ4n) is 2.51. The van der Waals surface area contributed by atoms with E-state index in [1.54, 1.807) is 0 Å². The van der Waals surface area contributed by atoms with Crippen molar-refractivity contribution in [2.45, 2.75) is 17.5 Å². The second-order valence-electron chi connectivity index (χ2n) is 4.98. The monoisotopic (exact) mass is 389 g/mol. The van der Waals surface area contributed by atoms with Crippen molar-refractivity contribution in [2.75, 3.05) is 11.1 Å². The number of nitrogens with zero attached hydrogens (tertiary/aromatic N) is 1. The van der Waals surface area contributed by atoms with E-state index in [1.807, 2.05) is 24.3 Å². The van der Waals surface area contributed by atoms with E-state index < -0.39 is 0 Å². The first kappa shape index (κ1) is 15.8.